The number of halogens is 1. The smallest absolute Gasteiger partial charge is 0.188 e. The fraction of sp³-hybridized carbons (Fsp3) is 0.364. The number of aryl methyl sites for hydroxylation is 3. The lowest BCUT2D eigenvalue weighted by molar-refractivity contribution is 0.0986. The predicted octanol–water partition coefficient (Wildman–Crippen LogP) is 2.57. The van der Waals surface area contributed by atoms with E-state index < -0.39 is 0 Å². The summed E-state index contributed by atoms with van der Waals surface area (Å²) in [6.45, 7) is 3.70. The van der Waals surface area contributed by atoms with E-state index in [4.69, 9.17) is 11.6 Å². The van der Waals surface area contributed by atoms with Crippen LogP contribution in [0.3, 0.4) is 0 Å². The first-order valence-electron chi connectivity index (χ1n) is 5.12. The molecule has 2 heterocycles. The van der Waals surface area contributed by atoms with Crippen LogP contribution in [-0.2, 0) is 13.5 Å². The van der Waals surface area contributed by atoms with Crippen LogP contribution in [0.25, 0.3) is 0 Å². The van der Waals surface area contributed by atoms with Crippen LogP contribution in [0.2, 0.25) is 5.02 Å². The molecule has 0 N–H and O–H groups in total. The van der Waals surface area contributed by atoms with Crippen molar-refractivity contribution in [3.8, 4) is 0 Å². The summed E-state index contributed by atoms with van der Waals surface area (Å²) in [5, 5.41) is 7.40. The van der Waals surface area contributed by atoms with Crippen molar-refractivity contribution in [2.45, 2.75) is 20.3 Å². The minimum Gasteiger partial charge on any atom is -0.292 e. The minimum absolute atomic E-state index is 0.0285. The Morgan fingerprint density at radius 1 is 1.53 bits per heavy atom. The summed E-state index contributed by atoms with van der Waals surface area (Å²) in [4.78, 5) is 16.2. The van der Waals surface area contributed by atoms with Gasteiger partial charge in [0.25, 0.3) is 0 Å². The van der Waals surface area contributed by atoms with Gasteiger partial charge in [0.1, 0.15) is 5.69 Å². The minimum atomic E-state index is -0.0285. The number of Topliss-reactive ketones (excluding diaryl/α,β-unsaturated/α-hetero) is 1. The summed E-state index contributed by atoms with van der Waals surface area (Å²) in [6, 6.07) is 0. The van der Waals surface area contributed by atoms with Crippen LogP contribution in [0.1, 0.15) is 26.9 Å². The third-order valence-electron chi connectivity index (χ3n) is 2.49. The van der Waals surface area contributed by atoms with Crippen LogP contribution in [-0.4, -0.2) is 20.5 Å². The van der Waals surface area contributed by atoms with Crippen molar-refractivity contribution in [3.05, 3.63) is 32.5 Å². The molecule has 0 atom stereocenters. The molecule has 2 aromatic rings. The Hall–Kier alpha value is -1.20. The third-order valence-corrected chi connectivity index (χ3v) is 3.76. The van der Waals surface area contributed by atoms with Gasteiger partial charge in [0.05, 0.1) is 27.8 Å². The maximum atomic E-state index is 12.0. The Morgan fingerprint density at radius 3 is 2.71 bits per heavy atom. The van der Waals surface area contributed by atoms with Crippen LogP contribution in [0.15, 0.2) is 5.38 Å². The molecule has 2 aromatic heterocycles. The average Bonchev–Trinajstić information content (AvgIpc) is 2.79. The van der Waals surface area contributed by atoms with Gasteiger partial charge in [0, 0.05) is 12.4 Å². The van der Waals surface area contributed by atoms with Crippen molar-refractivity contribution in [3.63, 3.8) is 0 Å². The van der Waals surface area contributed by atoms with E-state index in [1.807, 2.05) is 13.8 Å². The SMILES string of the molecule is Cc1nc(C(=O)Cc2c(Cl)c(C)nn2C)cs1. The van der Waals surface area contributed by atoms with E-state index >= 15 is 0 Å². The maximum Gasteiger partial charge on any atom is 0.188 e. The zero-order chi connectivity index (χ0) is 12.6. The number of aromatic nitrogens is 3. The molecule has 6 heteroatoms. The summed E-state index contributed by atoms with van der Waals surface area (Å²) in [6.07, 6.45) is 0.235. The lowest BCUT2D eigenvalue weighted by Crippen LogP contribution is -2.08. The van der Waals surface area contributed by atoms with Gasteiger partial charge in [-0.25, -0.2) is 4.98 Å². The quantitative estimate of drug-likeness (QED) is 0.805. The van der Waals surface area contributed by atoms with Crippen molar-refractivity contribution in [2.24, 2.45) is 7.05 Å². The van der Waals surface area contributed by atoms with Gasteiger partial charge >= 0.3 is 0 Å². The van der Waals surface area contributed by atoms with Crippen molar-refractivity contribution >= 4 is 28.7 Å². The predicted molar refractivity (Wildman–Crippen MR) is 67.8 cm³/mol. The number of hydrogen-bond donors (Lipinski definition) is 0. The number of thiazole rings is 1. The highest BCUT2D eigenvalue weighted by molar-refractivity contribution is 7.09. The van der Waals surface area contributed by atoms with Crippen molar-refractivity contribution in [1.82, 2.24) is 14.8 Å². The first-order valence-corrected chi connectivity index (χ1v) is 6.38. The molecule has 0 unspecified atom stereocenters. The van der Waals surface area contributed by atoms with E-state index in [1.54, 1.807) is 17.1 Å². The van der Waals surface area contributed by atoms with Gasteiger partial charge < -0.3 is 0 Å². The molecule has 0 bridgehead atoms. The van der Waals surface area contributed by atoms with E-state index in [2.05, 4.69) is 10.1 Å². The summed E-state index contributed by atoms with van der Waals surface area (Å²) in [7, 11) is 1.79. The zero-order valence-electron chi connectivity index (χ0n) is 9.82. The van der Waals surface area contributed by atoms with Gasteiger partial charge in [-0.15, -0.1) is 11.3 Å². The van der Waals surface area contributed by atoms with Crippen LogP contribution in [0, 0.1) is 13.8 Å². The van der Waals surface area contributed by atoms with Crippen molar-refractivity contribution in [2.75, 3.05) is 0 Å². The highest BCUT2D eigenvalue weighted by Gasteiger charge is 2.17. The summed E-state index contributed by atoms with van der Waals surface area (Å²) < 4.78 is 1.65. The van der Waals surface area contributed by atoms with Gasteiger partial charge in [-0.2, -0.15) is 5.10 Å². The second-order valence-electron chi connectivity index (χ2n) is 3.82. The molecule has 0 fully saturated rings. The summed E-state index contributed by atoms with van der Waals surface area (Å²) in [5.74, 6) is -0.0285. The summed E-state index contributed by atoms with van der Waals surface area (Å²) in [5.41, 5.74) is 1.98. The molecule has 0 aliphatic carbocycles. The molecule has 0 aromatic carbocycles. The molecule has 4 nitrogen and oxygen atoms in total. The molecule has 0 radical (unpaired) electrons. The maximum absolute atomic E-state index is 12.0. The highest BCUT2D eigenvalue weighted by atomic mass is 35.5. The van der Waals surface area contributed by atoms with Gasteiger partial charge in [-0.3, -0.25) is 9.48 Å². The first-order chi connectivity index (χ1) is 7.99. The third kappa shape index (κ3) is 2.40. The number of hydrogen-bond acceptors (Lipinski definition) is 4. The van der Waals surface area contributed by atoms with Crippen molar-refractivity contribution in [1.29, 1.82) is 0 Å². The van der Waals surface area contributed by atoms with Crippen LogP contribution >= 0.6 is 22.9 Å². The average molecular weight is 270 g/mol. The number of ketones is 1. The number of rotatable bonds is 3. The number of carbonyl (C=O) groups is 1. The monoisotopic (exact) mass is 269 g/mol. The molecule has 90 valence electrons. The topological polar surface area (TPSA) is 47.8 Å². The Morgan fingerprint density at radius 2 is 2.24 bits per heavy atom. The lowest BCUT2D eigenvalue weighted by atomic mass is 10.2. The molecule has 0 aliphatic rings. The molecule has 0 saturated carbocycles. The molecular weight excluding hydrogens is 258 g/mol. The molecule has 0 saturated heterocycles. The second kappa shape index (κ2) is 4.58. The molecule has 2 rings (SSSR count). The Labute approximate surface area is 108 Å². The van der Waals surface area contributed by atoms with E-state index in [0.717, 1.165) is 16.4 Å². The number of nitrogens with zero attached hydrogens (tertiary/aromatic N) is 3. The second-order valence-corrected chi connectivity index (χ2v) is 5.26. The van der Waals surface area contributed by atoms with Crippen LogP contribution in [0.5, 0.6) is 0 Å². The van der Waals surface area contributed by atoms with Crippen LogP contribution in [0.4, 0.5) is 0 Å². The molecule has 0 aliphatic heterocycles. The van der Waals surface area contributed by atoms with Gasteiger partial charge in [0.2, 0.25) is 0 Å². The lowest BCUT2D eigenvalue weighted by Gasteiger charge is -2.00. The van der Waals surface area contributed by atoms with Crippen LogP contribution < -0.4 is 0 Å². The fourth-order valence-corrected chi connectivity index (χ4v) is 2.45. The Kier molecular flexibility index (Phi) is 3.31. The number of carbonyl (C=O) groups excluding carboxylic acids is 1. The van der Waals surface area contributed by atoms with Gasteiger partial charge in [0.15, 0.2) is 5.78 Å². The zero-order valence-corrected chi connectivity index (χ0v) is 11.4. The molecule has 0 spiro atoms. The summed E-state index contributed by atoms with van der Waals surface area (Å²) >= 11 is 7.57. The van der Waals surface area contributed by atoms with Crippen molar-refractivity contribution < 1.29 is 4.79 Å². The molecular formula is C11H12ClN3OS. The highest BCUT2D eigenvalue weighted by Crippen LogP contribution is 2.21. The Bertz CT molecular complexity index is 573. The molecule has 0 amide bonds. The van der Waals surface area contributed by atoms with Gasteiger partial charge in [-0.05, 0) is 13.8 Å². The fourth-order valence-electron chi connectivity index (χ4n) is 1.61. The van der Waals surface area contributed by atoms with E-state index in [9.17, 15) is 4.79 Å². The normalized spacial score (nSPS) is 10.8. The first kappa shape index (κ1) is 12.3. The standard InChI is InChI=1S/C11H12ClN3OS/c1-6-11(12)9(15(3)14-6)4-10(16)8-5-17-7(2)13-8/h5H,4H2,1-3H3. The van der Waals surface area contributed by atoms with E-state index in [1.165, 1.54) is 11.3 Å². The molecule has 17 heavy (non-hydrogen) atoms. The van der Waals surface area contributed by atoms with E-state index in [-0.39, 0.29) is 12.2 Å². The Balaban J connectivity index is 2.24. The van der Waals surface area contributed by atoms with Gasteiger partial charge in [-0.1, -0.05) is 11.6 Å². The largest absolute Gasteiger partial charge is 0.292 e. The van der Waals surface area contributed by atoms with E-state index in [0.29, 0.717) is 10.7 Å².